The Balaban J connectivity index is 2.83. The van der Waals surface area contributed by atoms with Gasteiger partial charge >= 0.3 is 0 Å². The van der Waals surface area contributed by atoms with Crippen LogP contribution in [0.4, 0.5) is 11.6 Å². The van der Waals surface area contributed by atoms with Gasteiger partial charge in [-0.3, -0.25) is 0 Å². The predicted molar refractivity (Wildman–Crippen MR) is 57.8 cm³/mol. The highest BCUT2D eigenvalue weighted by molar-refractivity contribution is 5.80. The quantitative estimate of drug-likeness (QED) is 0.655. The lowest BCUT2D eigenvalue weighted by molar-refractivity contribution is 1.27. The molecular weight excluding hydrogens is 176 g/mol. The van der Waals surface area contributed by atoms with Crippen LogP contribution in [0.2, 0.25) is 0 Å². The number of benzene rings is 1. The molecule has 0 saturated heterocycles. The van der Waals surface area contributed by atoms with Crippen molar-refractivity contribution in [1.82, 2.24) is 9.97 Å². The summed E-state index contributed by atoms with van der Waals surface area (Å²) in [5, 5.41) is 0. The van der Waals surface area contributed by atoms with E-state index in [9.17, 15) is 0 Å². The maximum atomic E-state index is 5.58. The third-order valence-electron chi connectivity index (χ3n) is 2.34. The SMILES string of the molecule is Cc1cc2nc(N)c(N)nc2cc1C. The van der Waals surface area contributed by atoms with E-state index in [1.165, 1.54) is 11.1 Å². The van der Waals surface area contributed by atoms with Gasteiger partial charge in [0.15, 0.2) is 11.6 Å². The van der Waals surface area contributed by atoms with Crippen molar-refractivity contribution >= 4 is 22.7 Å². The minimum Gasteiger partial charge on any atom is -0.381 e. The number of aryl methyl sites for hydroxylation is 2. The molecule has 0 unspecified atom stereocenters. The van der Waals surface area contributed by atoms with Crippen LogP contribution in [0.25, 0.3) is 11.0 Å². The molecule has 4 nitrogen and oxygen atoms in total. The van der Waals surface area contributed by atoms with Crippen LogP contribution in [-0.4, -0.2) is 9.97 Å². The first-order valence-corrected chi connectivity index (χ1v) is 4.38. The number of rotatable bonds is 0. The van der Waals surface area contributed by atoms with Crippen LogP contribution in [0.3, 0.4) is 0 Å². The third kappa shape index (κ3) is 1.25. The number of nitrogens with zero attached hydrogens (tertiary/aromatic N) is 2. The molecule has 72 valence electrons. The van der Waals surface area contributed by atoms with Crippen LogP contribution in [0.15, 0.2) is 12.1 Å². The molecule has 0 aliphatic heterocycles. The molecule has 2 rings (SSSR count). The first-order chi connectivity index (χ1) is 6.58. The number of nitrogen functional groups attached to an aromatic ring is 2. The van der Waals surface area contributed by atoms with Gasteiger partial charge in [-0.25, -0.2) is 9.97 Å². The fourth-order valence-corrected chi connectivity index (χ4v) is 1.34. The molecule has 2 aromatic rings. The van der Waals surface area contributed by atoms with Crippen LogP contribution in [0.5, 0.6) is 0 Å². The van der Waals surface area contributed by atoms with Crippen molar-refractivity contribution in [3.8, 4) is 0 Å². The van der Waals surface area contributed by atoms with Crippen molar-refractivity contribution in [1.29, 1.82) is 0 Å². The minimum absolute atomic E-state index is 0.292. The lowest BCUT2D eigenvalue weighted by Crippen LogP contribution is -2.01. The highest BCUT2D eigenvalue weighted by Crippen LogP contribution is 2.19. The number of anilines is 2. The topological polar surface area (TPSA) is 77.8 Å². The van der Waals surface area contributed by atoms with Crippen molar-refractivity contribution in [2.75, 3.05) is 11.5 Å². The summed E-state index contributed by atoms with van der Waals surface area (Å²) in [7, 11) is 0. The molecule has 4 N–H and O–H groups in total. The average molecular weight is 188 g/mol. The Morgan fingerprint density at radius 1 is 0.857 bits per heavy atom. The van der Waals surface area contributed by atoms with Gasteiger partial charge in [0, 0.05) is 0 Å². The summed E-state index contributed by atoms with van der Waals surface area (Å²) in [5.74, 6) is 0.585. The standard InChI is InChI=1S/C10H12N4/c1-5-3-7-8(4-6(5)2)14-10(12)9(11)13-7/h3-4H,1-2H3,(H2,11,13)(H2,12,14). The van der Waals surface area contributed by atoms with Gasteiger partial charge in [-0.1, -0.05) is 0 Å². The van der Waals surface area contributed by atoms with Gasteiger partial charge in [-0.05, 0) is 37.1 Å². The third-order valence-corrected chi connectivity index (χ3v) is 2.34. The molecule has 0 bridgehead atoms. The Kier molecular flexibility index (Phi) is 1.77. The van der Waals surface area contributed by atoms with Crippen LogP contribution in [-0.2, 0) is 0 Å². The molecule has 4 heteroatoms. The van der Waals surface area contributed by atoms with E-state index in [2.05, 4.69) is 9.97 Å². The normalized spacial score (nSPS) is 10.7. The van der Waals surface area contributed by atoms with Gasteiger partial charge in [-0.2, -0.15) is 0 Å². The smallest absolute Gasteiger partial charge is 0.166 e. The molecule has 14 heavy (non-hydrogen) atoms. The maximum Gasteiger partial charge on any atom is 0.166 e. The van der Waals surface area contributed by atoms with E-state index < -0.39 is 0 Å². The number of fused-ring (bicyclic) bond motifs is 1. The molecule has 0 radical (unpaired) electrons. The number of aromatic nitrogens is 2. The summed E-state index contributed by atoms with van der Waals surface area (Å²) in [6, 6.07) is 3.93. The monoisotopic (exact) mass is 188 g/mol. The summed E-state index contributed by atoms with van der Waals surface area (Å²) >= 11 is 0. The van der Waals surface area contributed by atoms with Crippen molar-refractivity contribution in [2.24, 2.45) is 0 Å². The van der Waals surface area contributed by atoms with Gasteiger partial charge in [0.25, 0.3) is 0 Å². The Bertz CT molecular complexity index is 416. The first-order valence-electron chi connectivity index (χ1n) is 4.38. The molecule has 1 heterocycles. The minimum atomic E-state index is 0.292. The van der Waals surface area contributed by atoms with Crippen LogP contribution < -0.4 is 11.5 Å². The largest absolute Gasteiger partial charge is 0.381 e. The second-order valence-corrected chi connectivity index (χ2v) is 3.42. The van der Waals surface area contributed by atoms with E-state index in [0.29, 0.717) is 11.6 Å². The lowest BCUT2D eigenvalue weighted by atomic mass is 10.1. The number of hydrogen-bond donors (Lipinski definition) is 2. The van der Waals surface area contributed by atoms with Gasteiger partial charge in [0.1, 0.15) is 0 Å². The van der Waals surface area contributed by atoms with E-state index in [1.807, 2.05) is 26.0 Å². The molecule has 0 spiro atoms. The molecule has 0 aliphatic carbocycles. The highest BCUT2D eigenvalue weighted by atomic mass is 15.0. The second-order valence-electron chi connectivity index (χ2n) is 3.42. The Hall–Kier alpha value is -1.84. The van der Waals surface area contributed by atoms with Crippen LogP contribution in [0.1, 0.15) is 11.1 Å². The molecule has 0 aliphatic rings. The zero-order valence-corrected chi connectivity index (χ0v) is 8.20. The molecule has 0 atom stereocenters. The zero-order valence-electron chi connectivity index (χ0n) is 8.20. The number of hydrogen-bond acceptors (Lipinski definition) is 4. The van der Waals surface area contributed by atoms with Gasteiger partial charge in [-0.15, -0.1) is 0 Å². The summed E-state index contributed by atoms with van der Waals surface area (Å²) in [6.07, 6.45) is 0. The Morgan fingerprint density at radius 3 is 1.57 bits per heavy atom. The van der Waals surface area contributed by atoms with Crippen molar-refractivity contribution < 1.29 is 0 Å². The molecular formula is C10H12N4. The Morgan fingerprint density at radius 2 is 1.21 bits per heavy atom. The summed E-state index contributed by atoms with van der Waals surface area (Å²) in [6.45, 7) is 4.06. The van der Waals surface area contributed by atoms with E-state index in [-0.39, 0.29) is 0 Å². The molecule has 1 aromatic carbocycles. The van der Waals surface area contributed by atoms with Gasteiger partial charge in [0.2, 0.25) is 0 Å². The molecule has 0 saturated carbocycles. The van der Waals surface area contributed by atoms with E-state index in [4.69, 9.17) is 11.5 Å². The van der Waals surface area contributed by atoms with Crippen LogP contribution in [0, 0.1) is 13.8 Å². The Labute approximate surface area is 82.0 Å². The summed E-state index contributed by atoms with van der Waals surface area (Å²) < 4.78 is 0. The predicted octanol–water partition coefficient (Wildman–Crippen LogP) is 1.41. The van der Waals surface area contributed by atoms with E-state index >= 15 is 0 Å². The van der Waals surface area contributed by atoms with E-state index in [1.54, 1.807) is 0 Å². The summed E-state index contributed by atoms with van der Waals surface area (Å²) in [4.78, 5) is 8.33. The second kappa shape index (κ2) is 2.83. The van der Waals surface area contributed by atoms with Gasteiger partial charge in [0.05, 0.1) is 11.0 Å². The van der Waals surface area contributed by atoms with Gasteiger partial charge < -0.3 is 11.5 Å². The summed E-state index contributed by atoms with van der Waals surface area (Å²) in [5.41, 5.74) is 15.1. The first kappa shape index (κ1) is 8.74. The molecule has 1 aromatic heterocycles. The van der Waals surface area contributed by atoms with Crippen LogP contribution >= 0.6 is 0 Å². The molecule has 0 amide bonds. The van der Waals surface area contributed by atoms with Crippen molar-refractivity contribution in [3.63, 3.8) is 0 Å². The van der Waals surface area contributed by atoms with Crippen molar-refractivity contribution in [2.45, 2.75) is 13.8 Å². The van der Waals surface area contributed by atoms with Crippen molar-refractivity contribution in [3.05, 3.63) is 23.3 Å². The fraction of sp³-hybridized carbons (Fsp3) is 0.200. The van der Waals surface area contributed by atoms with E-state index in [0.717, 1.165) is 11.0 Å². The number of nitrogens with two attached hydrogens (primary N) is 2. The lowest BCUT2D eigenvalue weighted by Gasteiger charge is -2.04. The zero-order chi connectivity index (χ0) is 10.3. The molecule has 0 fully saturated rings. The average Bonchev–Trinajstić information content (AvgIpc) is 2.11. The highest BCUT2D eigenvalue weighted by Gasteiger charge is 2.04. The fourth-order valence-electron chi connectivity index (χ4n) is 1.34. The maximum absolute atomic E-state index is 5.58.